The van der Waals surface area contributed by atoms with Crippen LogP contribution in [-0.2, 0) is 0 Å². The molecule has 3 aromatic rings. The lowest BCUT2D eigenvalue weighted by Crippen LogP contribution is -2.13. The fourth-order valence-corrected chi connectivity index (χ4v) is 2.73. The first-order chi connectivity index (χ1) is 11.2. The minimum Gasteiger partial charge on any atom is -0.496 e. The summed E-state index contributed by atoms with van der Waals surface area (Å²) in [6, 6.07) is 13.0. The highest BCUT2D eigenvalue weighted by atomic mass is 16.5. The summed E-state index contributed by atoms with van der Waals surface area (Å²) < 4.78 is 10.7. The van der Waals surface area contributed by atoms with Crippen molar-refractivity contribution in [2.24, 2.45) is 0 Å². The van der Waals surface area contributed by atoms with E-state index in [4.69, 9.17) is 9.47 Å². The molecular weight excluding hydrogens is 292 g/mol. The molecule has 0 spiro atoms. The Morgan fingerprint density at radius 1 is 1.00 bits per heavy atom. The van der Waals surface area contributed by atoms with Crippen LogP contribution in [0.1, 0.15) is 16.1 Å². The molecule has 1 heterocycles. The number of methoxy groups -OCH3 is 2. The zero-order chi connectivity index (χ0) is 16.4. The number of hydrogen-bond donors (Lipinski definition) is 2. The van der Waals surface area contributed by atoms with Gasteiger partial charge in [-0.1, -0.05) is 18.2 Å². The summed E-state index contributed by atoms with van der Waals surface area (Å²) >= 11 is 0. The summed E-state index contributed by atoms with van der Waals surface area (Å²) in [7, 11) is 3.17. The van der Waals surface area contributed by atoms with Gasteiger partial charge in [0.25, 0.3) is 5.91 Å². The van der Waals surface area contributed by atoms with Gasteiger partial charge in [-0.05, 0) is 31.2 Å². The normalized spacial score (nSPS) is 10.6. The zero-order valence-corrected chi connectivity index (χ0v) is 13.3. The fraction of sp³-hybridized carbons (Fsp3) is 0.167. The quantitative estimate of drug-likeness (QED) is 0.771. The molecule has 118 valence electrons. The summed E-state index contributed by atoms with van der Waals surface area (Å²) in [5, 5.41) is 3.69. The predicted molar refractivity (Wildman–Crippen MR) is 90.5 cm³/mol. The Hall–Kier alpha value is -2.95. The van der Waals surface area contributed by atoms with E-state index >= 15 is 0 Å². The van der Waals surface area contributed by atoms with Gasteiger partial charge in [-0.15, -0.1) is 0 Å². The molecule has 0 saturated heterocycles. The molecule has 0 aliphatic heterocycles. The summed E-state index contributed by atoms with van der Waals surface area (Å²) in [6.07, 6.45) is 0. The smallest absolute Gasteiger partial charge is 0.258 e. The van der Waals surface area contributed by atoms with E-state index in [1.807, 2.05) is 37.3 Å². The molecule has 1 amide bonds. The third-order valence-electron chi connectivity index (χ3n) is 3.78. The van der Waals surface area contributed by atoms with E-state index in [9.17, 15) is 4.79 Å². The number of aryl methyl sites for hydroxylation is 1. The Morgan fingerprint density at radius 2 is 1.70 bits per heavy atom. The Morgan fingerprint density at radius 3 is 2.43 bits per heavy atom. The maximum Gasteiger partial charge on any atom is 0.258 e. The number of anilines is 1. The van der Waals surface area contributed by atoms with Crippen LogP contribution in [0.3, 0.4) is 0 Å². The lowest BCUT2D eigenvalue weighted by Gasteiger charge is -2.10. The molecule has 0 aliphatic rings. The highest BCUT2D eigenvalue weighted by molar-refractivity contribution is 6.15. The van der Waals surface area contributed by atoms with Gasteiger partial charge in [-0.25, -0.2) is 0 Å². The number of aromatic amines is 1. The van der Waals surface area contributed by atoms with Gasteiger partial charge in [0, 0.05) is 5.69 Å². The second-order valence-corrected chi connectivity index (χ2v) is 5.16. The zero-order valence-electron chi connectivity index (χ0n) is 13.3. The van der Waals surface area contributed by atoms with Crippen LogP contribution in [0.4, 0.5) is 5.69 Å². The van der Waals surface area contributed by atoms with Gasteiger partial charge < -0.3 is 19.8 Å². The van der Waals surface area contributed by atoms with Crippen molar-refractivity contribution >= 4 is 22.5 Å². The number of benzene rings is 2. The summed E-state index contributed by atoms with van der Waals surface area (Å²) in [5.41, 5.74) is 2.86. The van der Waals surface area contributed by atoms with Crippen LogP contribution >= 0.6 is 0 Å². The number of fused-ring (bicyclic) bond motifs is 1. The number of nitrogens with one attached hydrogen (secondary N) is 2. The topological polar surface area (TPSA) is 63.3 Å². The number of carbonyl (C=O) groups is 1. The van der Waals surface area contributed by atoms with E-state index in [2.05, 4.69) is 10.3 Å². The van der Waals surface area contributed by atoms with Gasteiger partial charge in [0.05, 0.1) is 36.4 Å². The van der Waals surface area contributed by atoms with E-state index in [-0.39, 0.29) is 5.91 Å². The summed E-state index contributed by atoms with van der Waals surface area (Å²) in [5.74, 6) is 1.07. The molecule has 0 radical (unpaired) electrons. The van der Waals surface area contributed by atoms with Crippen LogP contribution in [0.5, 0.6) is 11.5 Å². The maximum atomic E-state index is 12.8. The maximum absolute atomic E-state index is 12.8. The second kappa shape index (κ2) is 6.04. The first kappa shape index (κ1) is 15.0. The van der Waals surface area contributed by atoms with Crippen molar-refractivity contribution < 1.29 is 14.3 Å². The van der Waals surface area contributed by atoms with E-state index in [1.165, 1.54) is 0 Å². The van der Waals surface area contributed by atoms with Crippen molar-refractivity contribution in [3.05, 3.63) is 53.7 Å². The van der Waals surface area contributed by atoms with Crippen LogP contribution < -0.4 is 14.8 Å². The molecule has 1 aromatic heterocycles. The van der Waals surface area contributed by atoms with E-state index < -0.39 is 0 Å². The molecule has 3 rings (SSSR count). The number of ether oxygens (including phenoxy) is 2. The predicted octanol–water partition coefficient (Wildman–Crippen LogP) is 3.75. The van der Waals surface area contributed by atoms with Gasteiger partial charge in [-0.2, -0.15) is 0 Å². The summed E-state index contributed by atoms with van der Waals surface area (Å²) in [6.45, 7) is 1.87. The number of aromatic nitrogens is 1. The van der Waals surface area contributed by atoms with Crippen LogP contribution in [0, 0.1) is 6.92 Å². The number of amides is 1. The Labute approximate surface area is 134 Å². The standard InChI is InChI=1S/C18H18N2O3/c1-11-16(17-13(19-11)8-6-10-15(17)23-3)18(21)20-12-7-4-5-9-14(12)22-2/h4-10,19H,1-3H3,(H,20,21). The molecule has 0 unspecified atom stereocenters. The molecule has 0 fully saturated rings. The monoisotopic (exact) mass is 310 g/mol. The van der Waals surface area contributed by atoms with E-state index in [1.54, 1.807) is 26.4 Å². The van der Waals surface area contributed by atoms with Crippen LogP contribution in [0.15, 0.2) is 42.5 Å². The number of H-pyrrole nitrogens is 1. The van der Waals surface area contributed by atoms with Gasteiger partial charge in [0.1, 0.15) is 11.5 Å². The average molecular weight is 310 g/mol. The molecular formula is C18H18N2O3. The van der Waals surface area contributed by atoms with Crippen molar-refractivity contribution in [2.75, 3.05) is 19.5 Å². The van der Waals surface area contributed by atoms with Crippen LogP contribution in [0.25, 0.3) is 10.9 Å². The highest BCUT2D eigenvalue weighted by Gasteiger charge is 2.20. The minimum atomic E-state index is -0.206. The van der Waals surface area contributed by atoms with Gasteiger partial charge in [-0.3, -0.25) is 4.79 Å². The molecule has 0 saturated carbocycles. The molecule has 2 aromatic carbocycles. The van der Waals surface area contributed by atoms with Gasteiger partial charge in [0.15, 0.2) is 0 Å². The van der Waals surface area contributed by atoms with Crippen molar-refractivity contribution in [3.8, 4) is 11.5 Å². The first-order valence-corrected chi connectivity index (χ1v) is 7.25. The third-order valence-corrected chi connectivity index (χ3v) is 3.78. The fourth-order valence-electron chi connectivity index (χ4n) is 2.73. The lowest BCUT2D eigenvalue weighted by molar-refractivity contribution is 0.102. The molecule has 23 heavy (non-hydrogen) atoms. The lowest BCUT2D eigenvalue weighted by atomic mass is 10.1. The average Bonchev–Trinajstić information content (AvgIpc) is 2.91. The van der Waals surface area contributed by atoms with Crippen molar-refractivity contribution in [3.63, 3.8) is 0 Å². The molecule has 0 atom stereocenters. The van der Waals surface area contributed by atoms with E-state index in [0.717, 1.165) is 16.6 Å². The van der Waals surface area contributed by atoms with Gasteiger partial charge in [0.2, 0.25) is 0 Å². The Kier molecular flexibility index (Phi) is 3.93. The molecule has 2 N–H and O–H groups in total. The van der Waals surface area contributed by atoms with Crippen LogP contribution in [-0.4, -0.2) is 25.1 Å². The van der Waals surface area contributed by atoms with Crippen LogP contribution in [0.2, 0.25) is 0 Å². The first-order valence-electron chi connectivity index (χ1n) is 7.25. The SMILES string of the molecule is COc1ccccc1NC(=O)c1c(C)[nH]c2cccc(OC)c12. The number of hydrogen-bond acceptors (Lipinski definition) is 3. The second-order valence-electron chi connectivity index (χ2n) is 5.16. The molecule has 5 nitrogen and oxygen atoms in total. The summed E-state index contributed by atoms with van der Waals surface area (Å²) in [4.78, 5) is 16.0. The largest absolute Gasteiger partial charge is 0.496 e. The Balaban J connectivity index is 2.06. The minimum absolute atomic E-state index is 0.206. The highest BCUT2D eigenvalue weighted by Crippen LogP contribution is 2.32. The molecule has 0 bridgehead atoms. The third kappa shape index (κ3) is 2.61. The van der Waals surface area contributed by atoms with Crippen molar-refractivity contribution in [1.82, 2.24) is 4.98 Å². The Bertz CT molecular complexity index is 868. The number of rotatable bonds is 4. The van der Waals surface area contributed by atoms with Crippen molar-refractivity contribution in [2.45, 2.75) is 6.92 Å². The molecule has 5 heteroatoms. The van der Waals surface area contributed by atoms with Gasteiger partial charge >= 0.3 is 0 Å². The van der Waals surface area contributed by atoms with Crippen molar-refractivity contribution in [1.29, 1.82) is 0 Å². The number of carbonyl (C=O) groups excluding carboxylic acids is 1. The number of para-hydroxylation sites is 2. The molecule has 0 aliphatic carbocycles. The van der Waals surface area contributed by atoms with E-state index in [0.29, 0.717) is 22.7 Å².